The number of nitrogens with one attached hydrogen (secondary N) is 1. The predicted molar refractivity (Wildman–Crippen MR) is 151 cm³/mol. The van der Waals surface area contributed by atoms with Crippen molar-refractivity contribution in [2.75, 3.05) is 12.3 Å². The molecule has 3 aromatic carbocycles. The molecule has 1 atom stereocenters. The first-order valence-corrected chi connectivity index (χ1v) is 13.8. The molecule has 0 saturated heterocycles. The average molecular weight is 503 g/mol. The molecule has 0 spiro atoms. The summed E-state index contributed by atoms with van der Waals surface area (Å²) in [6.45, 7) is 9.26. The molecule has 0 aliphatic heterocycles. The first kappa shape index (κ1) is 27.5. The number of benzene rings is 3. The maximum Gasteiger partial charge on any atom is 0.243 e. The molecule has 1 N–H and O–H groups in total. The minimum Gasteiger partial charge on any atom is -0.354 e. The van der Waals surface area contributed by atoms with Crippen LogP contribution in [0.5, 0.6) is 0 Å². The van der Waals surface area contributed by atoms with E-state index in [-0.39, 0.29) is 11.8 Å². The lowest BCUT2D eigenvalue weighted by molar-refractivity contribution is -0.139. The third-order valence-corrected chi connectivity index (χ3v) is 7.16. The van der Waals surface area contributed by atoms with Crippen molar-refractivity contribution in [3.05, 3.63) is 107 Å². The second-order valence-corrected chi connectivity index (χ2v) is 10.8. The van der Waals surface area contributed by atoms with Gasteiger partial charge in [-0.15, -0.1) is 11.8 Å². The topological polar surface area (TPSA) is 49.4 Å². The summed E-state index contributed by atoms with van der Waals surface area (Å²) in [5.74, 6) is 1.29. The summed E-state index contributed by atoms with van der Waals surface area (Å²) in [5, 5.41) is 3.09. The number of aryl methyl sites for hydroxylation is 2. The zero-order chi connectivity index (χ0) is 25.9. The van der Waals surface area contributed by atoms with Gasteiger partial charge >= 0.3 is 0 Å². The fourth-order valence-electron chi connectivity index (χ4n) is 3.97. The van der Waals surface area contributed by atoms with Gasteiger partial charge < -0.3 is 10.2 Å². The zero-order valence-corrected chi connectivity index (χ0v) is 22.7. The van der Waals surface area contributed by atoms with E-state index in [2.05, 4.69) is 63.3 Å². The van der Waals surface area contributed by atoms with Gasteiger partial charge in [-0.1, -0.05) is 98.3 Å². The van der Waals surface area contributed by atoms with Crippen LogP contribution < -0.4 is 5.32 Å². The lowest BCUT2D eigenvalue weighted by Gasteiger charge is -2.32. The van der Waals surface area contributed by atoms with Gasteiger partial charge in [0.25, 0.3) is 0 Å². The molecule has 0 heterocycles. The average Bonchev–Trinajstić information content (AvgIpc) is 2.87. The van der Waals surface area contributed by atoms with Gasteiger partial charge in [-0.2, -0.15) is 0 Å². The van der Waals surface area contributed by atoms with Crippen molar-refractivity contribution in [3.8, 4) is 0 Å². The first-order valence-electron chi connectivity index (χ1n) is 12.6. The summed E-state index contributed by atoms with van der Waals surface area (Å²) < 4.78 is 0. The quantitative estimate of drug-likeness (QED) is 0.333. The van der Waals surface area contributed by atoms with Crippen LogP contribution in [0.2, 0.25) is 0 Å². The van der Waals surface area contributed by atoms with Gasteiger partial charge in [-0.3, -0.25) is 9.59 Å². The molecular weight excluding hydrogens is 464 g/mol. The largest absolute Gasteiger partial charge is 0.354 e. The molecule has 5 heteroatoms. The van der Waals surface area contributed by atoms with Crippen LogP contribution in [0.15, 0.2) is 78.9 Å². The van der Waals surface area contributed by atoms with E-state index < -0.39 is 6.04 Å². The van der Waals surface area contributed by atoms with Gasteiger partial charge in [0.05, 0.1) is 5.75 Å². The van der Waals surface area contributed by atoms with Crippen LogP contribution in [0.25, 0.3) is 0 Å². The zero-order valence-electron chi connectivity index (χ0n) is 21.9. The predicted octanol–water partition coefficient (Wildman–Crippen LogP) is 5.95. The Hall–Kier alpha value is -3.05. The van der Waals surface area contributed by atoms with Crippen molar-refractivity contribution in [2.24, 2.45) is 5.92 Å². The van der Waals surface area contributed by atoms with Gasteiger partial charge in [0.15, 0.2) is 0 Å². The normalized spacial score (nSPS) is 11.8. The van der Waals surface area contributed by atoms with E-state index in [9.17, 15) is 9.59 Å². The highest BCUT2D eigenvalue weighted by molar-refractivity contribution is 7.99. The second kappa shape index (κ2) is 13.9. The van der Waals surface area contributed by atoms with Gasteiger partial charge in [0.1, 0.15) is 6.04 Å². The van der Waals surface area contributed by atoms with Crippen molar-refractivity contribution in [2.45, 2.75) is 52.5 Å². The molecule has 0 aliphatic carbocycles. The Morgan fingerprint density at radius 3 is 2.19 bits per heavy atom. The van der Waals surface area contributed by atoms with E-state index >= 15 is 0 Å². The molecule has 0 bridgehead atoms. The minimum atomic E-state index is -0.585. The fourth-order valence-corrected chi connectivity index (χ4v) is 4.84. The van der Waals surface area contributed by atoms with Gasteiger partial charge in [-0.25, -0.2) is 0 Å². The summed E-state index contributed by atoms with van der Waals surface area (Å²) in [7, 11) is 0. The SMILES string of the molecule is Cc1ccc(CSCC(=O)N(Cc2ccccc2C)[C@H](Cc2ccccc2)C(=O)NCC(C)C)cc1. The van der Waals surface area contributed by atoms with Crippen LogP contribution in [0, 0.1) is 19.8 Å². The molecule has 0 unspecified atom stereocenters. The number of carbonyl (C=O) groups is 2. The Bertz CT molecular complexity index is 1110. The standard InChI is InChI=1S/C31H38N2O2S/c1-23(2)19-32-31(35)29(18-26-11-6-5-7-12-26)33(20-28-13-9-8-10-25(28)4)30(34)22-36-21-27-16-14-24(3)15-17-27/h5-17,23,29H,18-22H2,1-4H3,(H,32,35)/t29-/m1/s1. The fraction of sp³-hybridized carbons (Fsp3) is 0.355. The molecular formula is C31H38N2O2S. The lowest BCUT2D eigenvalue weighted by atomic mass is 10.0. The van der Waals surface area contributed by atoms with Gasteiger partial charge in [0, 0.05) is 25.3 Å². The van der Waals surface area contributed by atoms with Gasteiger partial charge in [-0.05, 0) is 42.0 Å². The molecule has 3 aromatic rings. The number of amides is 2. The summed E-state index contributed by atoms with van der Waals surface area (Å²) in [6.07, 6.45) is 0.477. The molecule has 3 rings (SSSR count). The van der Waals surface area contributed by atoms with E-state index in [4.69, 9.17) is 0 Å². The summed E-state index contributed by atoms with van der Waals surface area (Å²) in [5.41, 5.74) is 5.63. The van der Waals surface area contributed by atoms with Crippen molar-refractivity contribution in [3.63, 3.8) is 0 Å². The molecule has 4 nitrogen and oxygen atoms in total. The number of carbonyl (C=O) groups excluding carboxylic acids is 2. The van der Waals surface area contributed by atoms with Crippen molar-refractivity contribution < 1.29 is 9.59 Å². The first-order chi connectivity index (χ1) is 17.3. The number of hydrogen-bond donors (Lipinski definition) is 1. The maximum absolute atomic E-state index is 13.7. The minimum absolute atomic E-state index is 0.0176. The molecule has 36 heavy (non-hydrogen) atoms. The van der Waals surface area contributed by atoms with Crippen molar-refractivity contribution >= 4 is 23.6 Å². The smallest absolute Gasteiger partial charge is 0.243 e. The monoisotopic (exact) mass is 502 g/mol. The Kier molecular flexibility index (Phi) is 10.6. The Labute approximate surface area is 220 Å². The molecule has 0 radical (unpaired) electrons. The molecule has 0 fully saturated rings. The molecule has 2 amide bonds. The number of rotatable bonds is 12. The third kappa shape index (κ3) is 8.56. The highest BCUT2D eigenvalue weighted by Gasteiger charge is 2.30. The molecule has 0 saturated carbocycles. The van der Waals surface area contributed by atoms with Crippen LogP contribution in [0.4, 0.5) is 0 Å². The van der Waals surface area contributed by atoms with Crippen LogP contribution in [0.3, 0.4) is 0 Å². The van der Waals surface area contributed by atoms with E-state index in [1.54, 1.807) is 16.7 Å². The van der Waals surface area contributed by atoms with Crippen LogP contribution in [0.1, 0.15) is 41.7 Å². The van der Waals surface area contributed by atoms with E-state index in [0.717, 1.165) is 22.4 Å². The molecule has 0 aromatic heterocycles. The van der Waals surface area contributed by atoms with E-state index in [1.165, 1.54) is 11.1 Å². The van der Waals surface area contributed by atoms with E-state index in [1.807, 2.05) is 48.5 Å². The third-order valence-electron chi connectivity index (χ3n) is 6.17. The Morgan fingerprint density at radius 2 is 1.53 bits per heavy atom. The van der Waals surface area contributed by atoms with Crippen molar-refractivity contribution in [1.29, 1.82) is 0 Å². The number of nitrogens with zero attached hydrogens (tertiary/aromatic N) is 1. The highest BCUT2D eigenvalue weighted by Crippen LogP contribution is 2.20. The Balaban J connectivity index is 1.84. The van der Waals surface area contributed by atoms with Crippen LogP contribution >= 0.6 is 11.8 Å². The van der Waals surface area contributed by atoms with Crippen LogP contribution in [-0.4, -0.2) is 35.1 Å². The molecule has 190 valence electrons. The van der Waals surface area contributed by atoms with Crippen LogP contribution in [-0.2, 0) is 28.3 Å². The molecule has 0 aliphatic rings. The maximum atomic E-state index is 13.7. The second-order valence-electron chi connectivity index (χ2n) is 9.77. The number of thioether (sulfide) groups is 1. The Morgan fingerprint density at radius 1 is 0.861 bits per heavy atom. The lowest BCUT2D eigenvalue weighted by Crippen LogP contribution is -2.51. The highest BCUT2D eigenvalue weighted by atomic mass is 32.2. The summed E-state index contributed by atoms with van der Waals surface area (Å²) in [6, 6.07) is 25.9. The van der Waals surface area contributed by atoms with Gasteiger partial charge in [0.2, 0.25) is 11.8 Å². The summed E-state index contributed by atoms with van der Waals surface area (Å²) >= 11 is 1.59. The summed E-state index contributed by atoms with van der Waals surface area (Å²) in [4.78, 5) is 29.0. The van der Waals surface area contributed by atoms with E-state index in [0.29, 0.717) is 31.2 Å². The van der Waals surface area contributed by atoms with Crippen molar-refractivity contribution in [1.82, 2.24) is 10.2 Å². The number of hydrogen-bond acceptors (Lipinski definition) is 3.